The molecule has 0 aliphatic heterocycles. The molecule has 5 heteroatoms. The highest BCUT2D eigenvalue weighted by molar-refractivity contribution is 6.09. The van der Waals surface area contributed by atoms with E-state index in [1.54, 1.807) is 13.8 Å². The van der Waals surface area contributed by atoms with Crippen LogP contribution in [0, 0.1) is 11.8 Å². The third kappa shape index (κ3) is 4.18. The van der Waals surface area contributed by atoms with Crippen LogP contribution < -0.4 is 0 Å². The van der Waals surface area contributed by atoms with Crippen molar-refractivity contribution in [2.24, 2.45) is 11.8 Å². The molecule has 0 aromatic heterocycles. The first kappa shape index (κ1) is 19.1. The van der Waals surface area contributed by atoms with Crippen LogP contribution in [0.1, 0.15) is 33.1 Å². The predicted molar refractivity (Wildman–Crippen MR) is 101 cm³/mol. The number of ether oxygens (including phenoxy) is 2. The number of rotatable bonds is 4. The van der Waals surface area contributed by atoms with Crippen molar-refractivity contribution < 1.29 is 23.9 Å². The smallest absolute Gasteiger partial charge is 0.316 e. The zero-order valence-corrected chi connectivity index (χ0v) is 15.7. The summed E-state index contributed by atoms with van der Waals surface area (Å²) in [7, 11) is 0. The molecule has 0 amide bonds. The molecule has 1 saturated carbocycles. The summed E-state index contributed by atoms with van der Waals surface area (Å²) in [5.41, 5.74) is 4.05. The molecule has 142 valence electrons. The van der Waals surface area contributed by atoms with E-state index in [9.17, 15) is 14.4 Å². The van der Waals surface area contributed by atoms with Gasteiger partial charge in [0.05, 0.1) is 13.2 Å². The number of carbonyl (C=O) groups excluding carboxylic acids is 3. The molecule has 27 heavy (non-hydrogen) atoms. The maximum Gasteiger partial charge on any atom is 0.316 e. The lowest BCUT2D eigenvalue weighted by Gasteiger charge is -2.16. The summed E-state index contributed by atoms with van der Waals surface area (Å²) < 4.78 is 10.2. The van der Waals surface area contributed by atoms with Crippen molar-refractivity contribution in [3.63, 3.8) is 0 Å². The van der Waals surface area contributed by atoms with E-state index in [0.717, 1.165) is 28.7 Å². The molecule has 0 saturated heterocycles. The summed E-state index contributed by atoms with van der Waals surface area (Å²) in [6.45, 7) is 3.79. The van der Waals surface area contributed by atoms with Crippen LogP contribution in [0.25, 0.3) is 0 Å². The highest BCUT2D eigenvalue weighted by atomic mass is 16.5. The quantitative estimate of drug-likeness (QED) is 0.562. The van der Waals surface area contributed by atoms with Gasteiger partial charge >= 0.3 is 11.9 Å². The number of fused-ring (bicyclic) bond motifs is 3. The minimum absolute atomic E-state index is 0.192. The Hall–Kier alpha value is -2.69. The maximum absolute atomic E-state index is 13.0. The Kier molecular flexibility index (Phi) is 5.89. The molecule has 3 rings (SSSR count). The van der Waals surface area contributed by atoms with E-state index in [-0.39, 0.29) is 26.1 Å². The molecule has 3 aliphatic rings. The molecule has 0 N–H and O–H groups in total. The van der Waals surface area contributed by atoms with Crippen LogP contribution in [0.4, 0.5) is 0 Å². The molecule has 2 bridgehead atoms. The van der Waals surface area contributed by atoms with Gasteiger partial charge in [-0.3, -0.25) is 14.4 Å². The highest BCUT2D eigenvalue weighted by Gasteiger charge is 2.42. The van der Waals surface area contributed by atoms with E-state index in [1.807, 2.05) is 36.5 Å². The summed E-state index contributed by atoms with van der Waals surface area (Å²) in [6, 6.07) is 0. The van der Waals surface area contributed by atoms with Gasteiger partial charge in [0, 0.05) is 0 Å². The average Bonchev–Trinajstić information content (AvgIpc) is 3.00. The maximum atomic E-state index is 13.0. The molecular weight excluding hydrogens is 344 g/mol. The van der Waals surface area contributed by atoms with Crippen LogP contribution in [-0.2, 0) is 23.9 Å². The average molecular weight is 368 g/mol. The first-order chi connectivity index (χ1) is 13.0. The lowest BCUT2D eigenvalue weighted by atomic mass is 9.90. The number of hydrogen-bond acceptors (Lipinski definition) is 5. The van der Waals surface area contributed by atoms with Crippen molar-refractivity contribution >= 4 is 17.7 Å². The largest absolute Gasteiger partial charge is 0.465 e. The van der Waals surface area contributed by atoms with Gasteiger partial charge in [0.2, 0.25) is 0 Å². The Bertz CT molecular complexity index is 743. The first-order valence-electron chi connectivity index (χ1n) is 9.38. The number of Topliss-reactive ketones (excluding diaryl/α,β-unsaturated/α-hetero) is 1. The Labute approximate surface area is 159 Å². The monoisotopic (exact) mass is 368 g/mol. The molecule has 0 spiro atoms. The van der Waals surface area contributed by atoms with Crippen molar-refractivity contribution in [2.45, 2.75) is 33.1 Å². The fourth-order valence-corrected chi connectivity index (χ4v) is 3.69. The number of allylic oxidation sites excluding steroid dienone is 10. The minimum atomic E-state index is -0.984. The molecule has 0 heterocycles. The van der Waals surface area contributed by atoms with E-state index >= 15 is 0 Å². The van der Waals surface area contributed by atoms with Gasteiger partial charge in [-0.2, -0.15) is 0 Å². The Morgan fingerprint density at radius 1 is 0.889 bits per heavy atom. The first-order valence-corrected chi connectivity index (χ1v) is 9.38. The molecule has 1 fully saturated rings. The fourth-order valence-electron chi connectivity index (χ4n) is 3.69. The van der Waals surface area contributed by atoms with Gasteiger partial charge in [0.25, 0.3) is 0 Å². The standard InChI is InChI=1S/C22H24O5/c1-3-26-21(24)18-12-16-10-14-7-5-6-8-15(9-14)11-17(16)13-19(20(18)23)22(25)27-4-2/h5-8,10-11,18-19H,3-4,9,12-13H2,1-2H3. The van der Waals surface area contributed by atoms with Crippen LogP contribution in [-0.4, -0.2) is 30.9 Å². The van der Waals surface area contributed by atoms with E-state index in [2.05, 4.69) is 0 Å². The van der Waals surface area contributed by atoms with Gasteiger partial charge in [0.15, 0.2) is 5.78 Å². The number of carbonyl (C=O) groups is 3. The molecule has 0 aromatic rings. The van der Waals surface area contributed by atoms with Crippen LogP contribution in [0.2, 0.25) is 0 Å². The van der Waals surface area contributed by atoms with Gasteiger partial charge < -0.3 is 9.47 Å². The second-order valence-corrected chi connectivity index (χ2v) is 6.80. The van der Waals surface area contributed by atoms with Gasteiger partial charge in [-0.25, -0.2) is 0 Å². The summed E-state index contributed by atoms with van der Waals surface area (Å²) in [6.07, 6.45) is 13.4. The fraction of sp³-hybridized carbons (Fsp3) is 0.409. The van der Waals surface area contributed by atoms with Crippen LogP contribution >= 0.6 is 0 Å². The normalized spacial score (nSPS) is 24.1. The highest BCUT2D eigenvalue weighted by Crippen LogP contribution is 2.38. The summed E-state index contributed by atoms with van der Waals surface area (Å²) in [5, 5.41) is 0. The van der Waals surface area contributed by atoms with Crippen LogP contribution in [0.3, 0.4) is 0 Å². The minimum Gasteiger partial charge on any atom is -0.465 e. The van der Waals surface area contributed by atoms with E-state index in [0.29, 0.717) is 0 Å². The summed E-state index contributed by atoms with van der Waals surface area (Å²) in [4.78, 5) is 37.9. The second kappa shape index (κ2) is 8.33. The zero-order chi connectivity index (χ0) is 19.4. The Morgan fingerprint density at radius 3 is 1.74 bits per heavy atom. The van der Waals surface area contributed by atoms with Crippen LogP contribution in [0.15, 0.2) is 58.7 Å². The number of ketones is 1. The van der Waals surface area contributed by atoms with Crippen LogP contribution in [0.5, 0.6) is 0 Å². The van der Waals surface area contributed by atoms with Crippen molar-refractivity contribution in [3.05, 3.63) is 58.7 Å². The molecule has 0 radical (unpaired) electrons. The van der Waals surface area contributed by atoms with Gasteiger partial charge in [0.1, 0.15) is 11.8 Å². The van der Waals surface area contributed by atoms with Crippen molar-refractivity contribution in [2.75, 3.05) is 13.2 Å². The Balaban J connectivity index is 2.05. The third-order valence-corrected chi connectivity index (χ3v) is 4.95. The summed E-state index contributed by atoms with van der Waals surface area (Å²) in [5.74, 6) is -3.53. The second-order valence-electron chi connectivity index (χ2n) is 6.80. The molecule has 3 aliphatic carbocycles. The molecule has 2 atom stereocenters. The SMILES string of the molecule is CCOC(=O)C1CC2=CC3=CC=CC=C(C=C2CC(C(=O)OCC)C1=O)C3. The zero-order valence-electron chi connectivity index (χ0n) is 15.7. The van der Waals surface area contributed by atoms with Crippen molar-refractivity contribution in [3.8, 4) is 0 Å². The number of esters is 2. The molecule has 2 unspecified atom stereocenters. The van der Waals surface area contributed by atoms with E-state index in [4.69, 9.17) is 9.47 Å². The summed E-state index contributed by atoms with van der Waals surface area (Å²) >= 11 is 0. The van der Waals surface area contributed by atoms with Crippen molar-refractivity contribution in [1.29, 1.82) is 0 Å². The predicted octanol–water partition coefficient (Wildman–Crippen LogP) is 3.39. The van der Waals surface area contributed by atoms with Gasteiger partial charge in [-0.15, -0.1) is 0 Å². The van der Waals surface area contributed by atoms with E-state index in [1.165, 1.54) is 0 Å². The lowest BCUT2D eigenvalue weighted by Crippen LogP contribution is -2.34. The number of hydrogen-bond donors (Lipinski definition) is 0. The molecule has 0 aromatic carbocycles. The van der Waals surface area contributed by atoms with Crippen molar-refractivity contribution in [1.82, 2.24) is 0 Å². The third-order valence-electron chi connectivity index (χ3n) is 4.95. The molecular formula is C22H24O5. The van der Waals surface area contributed by atoms with E-state index < -0.39 is 29.6 Å². The van der Waals surface area contributed by atoms with Gasteiger partial charge in [-0.1, -0.05) is 36.5 Å². The van der Waals surface area contributed by atoms with Gasteiger partial charge in [-0.05, 0) is 55.4 Å². The topological polar surface area (TPSA) is 69.7 Å². The Morgan fingerprint density at radius 2 is 1.33 bits per heavy atom. The molecule has 5 nitrogen and oxygen atoms in total. The lowest BCUT2D eigenvalue weighted by molar-refractivity contribution is -0.157.